The monoisotopic (exact) mass is 436 g/mol. The number of rotatable bonds is 5. The Hall–Kier alpha value is -2.57. The number of aryl methyl sites for hydroxylation is 3. The minimum absolute atomic E-state index is 0.282. The van der Waals surface area contributed by atoms with Crippen LogP contribution in [0.1, 0.15) is 21.5 Å². The summed E-state index contributed by atoms with van der Waals surface area (Å²) >= 11 is 3.35. The number of carbonyl (C=O) groups is 1. The van der Waals surface area contributed by atoms with E-state index in [9.17, 15) is 4.79 Å². The summed E-state index contributed by atoms with van der Waals surface area (Å²) < 4.78 is 8.82. The fraction of sp³-hybridized carbons (Fsp3) is 0.250. The van der Waals surface area contributed by atoms with Crippen LogP contribution in [-0.2, 0) is 6.54 Å². The van der Waals surface area contributed by atoms with Crippen LogP contribution in [0.25, 0.3) is 21.0 Å². The molecule has 0 N–H and O–H groups in total. The van der Waals surface area contributed by atoms with Crippen molar-refractivity contribution in [1.82, 2.24) is 4.57 Å². The molecule has 0 atom stereocenters. The number of amides is 1. The molecule has 4 aromatic rings. The van der Waals surface area contributed by atoms with Gasteiger partial charge in [-0.1, -0.05) is 35.6 Å². The number of carbonyl (C=O) groups excluding carboxylic acids is 1. The Morgan fingerprint density at radius 2 is 1.80 bits per heavy atom. The molecule has 1 heterocycles. The smallest absolute Gasteiger partial charge is 0.283 e. The first-order chi connectivity index (χ1) is 14.5. The number of aromatic nitrogens is 1. The van der Waals surface area contributed by atoms with Gasteiger partial charge in [-0.2, -0.15) is 16.8 Å². The van der Waals surface area contributed by atoms with Crippen LogP contribution in [-0.4, -0.2) is 29.6 Å². The van der Waals surface area contributed by atoms with Crippen molar-refractivity contribution >= 4 is 50.0 Å². The van der Waals surface area contributed by atoms with Crippen LogP contribution >= 0.6 is 23.1 Å². The molecule has 3 aromatic carbocycles. The molecule has 1 amide bonds. The first-order valence-electron chi connectivity index (χ1n) is 9.77. The molecular formula is C24H24N2O2S2. The first kappa shape index (κ1) is 20.7. The summed E-state index contributed by atoms with van der Waals surface area (Å²) in [5, 5.41) is 2.03. The number of fused-ring (bicyclic) bond motifs is 2. The van der Waals surface area contributed by atoms with Crippen molar-refractivity contribution in [3.8, 4) is 5.75 Å². The summed E-state index contributed by atoms with van der Waals surface area (Å²) in [6.45, 7) is 5.04. The lowest BCUT2D eigenvalue weighted by Gasteiger charge is -2.08. The van der Waals surface area contributed by atoms with Gasteiger partial charge in [0.15, 0.2) is 4.80 Å². The second-order valence-corrected chi connectivity index (χ2v) is 9.24. The average Bonchev–Trinajstić information content (AvgIpc) is 3.07. The summed E-state index contributed by atoms with van der Waals surface area (Å²) in [5.74, 6) is 1.22. The van der Waals surface area contributed by atoms with Gasteiger partial charge < -0.3 is 9.30 Å². The number of benzene rings is 3. The summed E-state index contributed by atoms with van der Waals surface area (Å²) in [7, 11) is 1.59. The Kier molecular flexibility index (Phi) is 5.97. The van der Waals surface area contributed by atoms with E-state index < -0.39 is 0 Å². The molecule has 0 spiro atoms. The van der Waals surface area contributed by atoms with Crippen molar-refractivity contribution in [2.24, 2.45) is 4.99 Å². The SMILES string of the molecule is COc1cc2ccccc2cc1C(=O)N=c1sc2cc(C)c(C)cc2n1CCSC. The summed E-state index contributed by atoms with van der Waals surface area (Å²) in [4.78, 5) is 18.5. The van der Waals surface area contributed by atoms with Gasteiger partial charge in [0.2, 0.25) is 0 Å². The highest BCUT2D eigenvalue weighted by Crippen LogP contribution is 2.27. The zero-order chi connectivity index (χ0) is 21.3. The van der Waals surface area contributed by atoms with Gasteiger partial charge in [0, 0.05) is 12.3 Å². The third kappa shape index (κ3) is 3.89. The number of thioether (sulfide) groups is 1. The van der Waals surface area contributed by atoms with Crippen molar-refractivity contribution in [2.75, 3.05) is 19.1 Å². The van der Waals surface area contributed by atoms with E-state index in [1.807, 2.05) is 36.4 Å². The molecule has 0 aliphatic heterocycles. The lowest BCUT2D eigenvalue weighted by molar-refractivity contribution is 0.0995. The molecule has 0 fully saturated rings. The molecule has 154 valence electrons. The molecule has 0 saturated heterocycles. The quantitative estimate of drug-likeness (QED) is 0.410. The van der Waals surface area contributed by atoms with Gasteiger partial charge in [0.1, 0.15) is 5.75 Å². The topological polar surface area (TPSA) is 43.6 Å². The summed E-state index contributed by atoms with van der Waals surface area (Å²) in [6.07, 6.45) is 2.09. The van der Waals surface area contributed by atoms with Gasteiger partial charge in [-0.15, -0.1) is 0 Å². The van der Waals surface area contributed by atoms with Gasteiger partial charge in [0.05, 0.1) is 22.9 Å². The normalized spacial score (nSPS) is 12.1. The fourth-order valence-electron chi connectivity index (χ4n) is 3.51. The highest BCUT2D eigenvalue weighted by molar-refractivity contribution is 7.98. The predicted octanol–water partition coefficient (Wildman–Crippen LogP) is 5.59. The van der Waals surface area contributed by atoms with Crippen LogP contribution in [0, 0.1) is 13.8 Å². The Morgan fingerprint density at radius 1 is 1.10 bits per heavy atom. The van der Waals surface area contributed by atoms with Gasteiger partial charge in [-0.3, -0.25) is 4.79 Å². The Bertz CT molecular complexity index is 1320. The number of nitrogens with zero attached hydrogens (tertiary/aromatic N) is 2. The van der Waals surface area contributed by atoms with E-state index in [0.29, 0.717) is 11.3 Å². The third-order valence-corrected chi connectivity index (χ3v) is 6.94. The maximum atomic E-state index is 13.2. The van der Waals surface area contributed by atoms with E-state index in [1.54, 1.807) is 30.2 Å². The number of hydrogen-bond acceptors (Lipinski definition) is 4. The molecule has 0 saturated carbocycles. The Balaban J connectivity index is 1.88. The molecule has 0 aliphatic carbocycles. The number of methoxy groups -OCH3 is 1. The first-order valence-corrected chi connectivity index (χ1v) is 12.0. The van der Waals surface area contributed by atoms with E-state index in [-0.39, 0.29) is 5.91 Å². The number of ether oxygens (including phenoxy) is 1. The van der Waals surface area contributed by atoms with Crippen molar-refractivity contribution in [3.63, 3.8) is 0 Å². The van der Waals surface area contributed by atoms with Crippen molar-refractivity contribution in [3.05, 3.63) is 70.0 Å². The molecule has 4 rings (SSSR count). The average molecular weight is 437 g/mol. The molecule has 30 heavy (non-hydrogen) atoms. The van der Waals surface area contributed by atoms with Crippen molar-refractivity contribution < 1.29 is 9.53 Å². The maximum Gasteiger partial charge on any atom is 0.283 e. The van der Waals surface area contributed by atoms with Crippen LogP contribution in [0.2, 0.25) is 0 Å². The molecule has 0 unspecified atom stereocenters. The van der Waals surface area contributed by atoms with E-state index in [1.165, 1.54) is 11.1 Å². The molecule has 4 nitrogen and oxygen atoms in total. The van der Waals surface area contributed by atoms with Gasteiger partial charge >= 0.3 is 0 Å². The standard InChI is InChI=1S/C24H24N2O2S2/c1-15-11-20-22(12-16(15)2)30-24(26(20)9-10-29-4)25-23(27)19-13-17-7-5-6-8-18(17)14-21(19)28-3/h5-8,11-14H,9-10H2,1-4H3. The molecular weight excluding hydrogens is 412 g/mol. The Morgan fingerprint density at radius 3 is 2.50 bits per heavy atom. The van der Waals surface area contributed by atoms with E-state index in [4.69, 9.17) is 4.74 Å². The van der Waals surface area contributed by atoms with Crippen LogP contribution in [0.4, 0.5) is 0 Å². The highest BCUT2D eigenvalue weighted by atomic mass is 32.2. The lowest BCUT2D eigenvalue weighted by atomic mass is 10.1. The number of thiazole rings is 1. The van der Waals surface area contributed by atoms with Crippen molar-refractivity contribution in [1.29, 1.82) is 0 Å². The zero-order valence-electron chi connectivity index (χ0n) is 17.6. The van der Waals surface area contributed by atoms with Crippen LogP contribution in [0.5, 0.6) is 5.75 Å². The van der Waals surface area contributed by atoms with E-state index in [0.717, 1.165) is 38.1 Å². The van der Waals surface area contributed by atoms with Gasteiger partial charge in [-0.25, -0.2) is 0 Å². The number of hydrogen-bond donors (Lipinski definition) is 0. The van der Waals surface area contributed by atoms with Gasteiger partial charge in [-0.05, 0) is 66.3 Å². The van der Waals surface area contributed by atoms with Gasteiger partial charge in [0.25, 0.3) is 5.91 Å². The van der Waals surface area contributed by atoms with Crippen LogP contribution < -0.4 is 9.54 Å². The lowest BCUT2D eigenvalue weighted by Crippen LogP contribution is -2.18. The third-order valence-electron chi connectivity index (χ3n) is 5.31. The second-order valence-electron chi connectivity index (χ2n) is 7.25. The molecule has 0 radical (unpaired) electrons. The van der Waals surface area contributed by atoms with E-state index >= 15 is 0 Å². The minimum Gasteiger partial charge on any atom is -0.496 e. The summed E-state index contributed by atoms with van der Waals surface area (Å²) in [5.41, 5.74) is 4.11. The largest absolute Gasteiger partial charge is 0.496 e. The minimum atomic E-state index is -0.282. The van der Waals surface area contributed by atoms with Crippen molar-refractivity contribution in [2.45, 2.75) is 20.4 Å². The predicted molar refractivity (Wildman–Crippen MR) is 128 cm³/mol. The Labute approximate surface area is 184 Å². The molecule has 1 aromatic heterocycles. The maximum absolute atomic E-state index is 13.2. The molecule has 0 aliphatic rings. The summed E-state index contributed by atoms with van der Waals surface area (Å²) in [6, 6.07) is 16.1. The highest BCUT2D eigenvalue weighted by Gasteiger charge is 2.15. The second kappa shape index (κ2) is 8.66. The van der Waals surface area contributed by atoms with Crippen LogP contribution in [0.15, 0.2) is 53.5 Å². The zero-order valence-corrected chi connectivity index (χ0v) is 19.2. The van der Waals surface area contributed by atoms with E-state index in [2.05, 4.69) is 41.8 Å². The van der Waals surface area contributed by atoms with Crippen LogP contribution in [0.3, 0.4) is 0 Å². The fourth-order valence-corrected chi connectivity index (χ4v) is 5.01. The molecule has 0 bridgehead atoms. The molecule has 6 heteroatoms.